The standard InChI is InChI=1S/C12H19BrN2O4/c1-17-4-5-19-7-6-18-3-2-15-9-10(14)8-11(13)12(15)16/h8-9H,2-7,14H2,1H3. The maximum atomic E-state index is 11.7. The number of rotatable bonds is 9. The zero-order valence-electron chi connectivity index (χ0n) is 10.9. The van der Waals surface area contributed by atoms with Crippen molar-refractivity contribution in [2.75, 3.05) is 45.9 Å². The number of ether oxygens (including phenoxy) is 3. The summed E-state index contributed by atoms with van der Waals surface area (Å²) < 4.78 is 17.4. The molecule has 0 spiro atoms. The Labute approximate surface area is 120 Å². The van der Waals surface area contributed by atoms with E-state index in [9.17, 15) is 4.79 Å². The van der Waals surface area contributed by atoms with Gasteiger partial charge in [-0.25, -0.2) is 0 Å². The van der Waals surface area contributed by atoms with Crippen LogP contribution in [-0.2, 0) is 20.8 Å². The third-order valence-corrected chi connectivity index (χ3v) is 2.91. The van der Waals surface area contributed by atoms with Crippen molar-refractivity contribution in [2.24, 2.45) is 0 Å². The Morgan fingerprint density at radius 3 is 2.53 bits per heavy atom. The lowest BCUT2D eigenvalue weighted by Crippen LogP contribution is -2.23. The van der Waals surface area contributed by atoms with Gasteiger partial charge in [0.2, 0.25) is 0 Å². The molecule has 0 radical (unpaired) electrons. The molecule has 0 atom stereocenters. The van der Waals surface area contributed by atoms with Gasteiger partial charge in [-0.05, 0) is 22.0 Å². The molecule has 0 unspecified atom stereocenters. The van der Waals surface area contributed by atoms with Crippen molar-refractivity contribution in [1.82, 2.24) is 4.57 Å². The SMILES string of the molecule is COCCOCCOCCn1cc(N)cc(Br)c1=O. The van der Waals surface area contributed by atoms with Gasteiger partial charge in [0.15, 0.2) is 0 Å². The van der Waals surface area contributed by atoms with E-state index in [1.807, 2.05) is 0 Å². The lowest BCUT2D eigenvalue weighted by Gasteiger charge is -2.08. The minimum Gasteiger partial charge on any atom is -0.398 e. The molecule has 0 aromatic carbocycles. The number of nitrogen functional groups attached to an aromatic ring is 1. The largest absolute Gasteiger partial charge is 0.398 e. The molecule has 7 heteroatoms. The van der Waals surface area contributed by atoms with Crippen LogP contribution in [0.3, 0.4) is 0 Å². The van der Waals surface area contributed by atoms with Crippen LogP contribution in [-0.4, -0.2) is 44.7 Å². The molecule has 0 aliphatic carbocycles. The molecule has 108 valence electrons. The highest BCUT2D eigenvalue weighted by Crippen LogP contribution is 2.07. The molecule has 1 aromatic rings. The number of methoxy groups -OCH3 is 1. The summed E-state index contributed by atoms with van der Waals surface area (Å²) in [4.78, 5) is 11.7. The summed E-state index contributed by atoms with van der Waals surface area (Å²) in [7, 11) is 1.63. The van der Waals surface area contributed by atoms with Crippen LogP contribution in [0.4, 0.5) is 5.69 Å². The van der Waals surface area contributed by atoms with Crippen LogP contribution in [0.5, 0.6) is 0 Å². The van der Waals surface area contributed by atoms with E-state index >= 15 is 0 Å². The normalized spacial score (nSPS) is 10.8. The van der Waals surface area contributed by atoms with Crippen LogP contribution in [0.2, 0.25) is 0 Å². The van der Waals surface area contributed by atoms with Crippen molar-refractivity contribution in [1.29, 1.82) is 0 Å². The second-order valence-electron chi connectivity index (χ2n) is 3.84. The number of pyridine rings is 1. The lowest BCUT2D eigenvalue weighted by atomic mass is 10.4. The predicted molar refractivity (Wildman–Crippen MR) is 76.3 cm³/mol. The molecule has 0 aliphatic heterocycles. The Bertz CT molecular complexity index is 436. The summed E-state index contributed by atoms with van der Waals surface area (Å²) in [5, 5.41) is 0. The Morgan fingerprint density at radius 2 is 1.84 bits per heavy atom. The highest BCUT2D eigenvalue weighted by atomic mass is 79.9. The van der Waals surface area contributed by atoms with E-state index in [0.29, 0.717) is 49.7 Å². The van der Waals surface area contributed by atoms with Gasteiger partial charge in [0.1, 0.15) is 0 Å². The summed E-state index contributed by atoms with van der Waals surface area (Å²) in [6, 6.07) is 1.59. The summed E-state index contributed by atoms with van der Waals surface area (Å²) in [6.07, 6.45) is 1.60. The molecule has 0 saturated heterocycles. The fourth-order valence-electron chi connectivity index (χ4n) is 1.41. The smallest absolute Gasteiger partial charge is 0.265 e. The third kappa shape index (κ3) is 6.20. The Kier molecular flexibility index (Phi) is 7.73. The fraction of sp³-hybridized carbons (Fsp3) is 0.583. The molecule has 1 rings (SSSR count). The number of nitrogens with zero attached hydrogens (tertiary/aromatic N) is 1. The summed E-state index contributed by atoms with van der Waals surface area (Å²) in [5.41, 5.74) is 6.08. The van der Waals surface area contributed by atoms with Crippen molar-refractivity contribution in [3.8, 4) is 0 Å². The van der Waals surface area contributed by atoms with Crippen LogP contribution >= 0.6 is 15.9 Å². The summed E-state index contributed by atoms with van der Waals surface area (Å²) in [5.74, 6) is 0. The molecule has 0 fully saturated rings. The summed E-state index contributed by atoms with van der Waals surface area (Å²) in [6.45, 7) is 3.03. The fourth-order valence-corrected chi connectivity index (χ4v) is 1.91. The first-order valence-corrected chi connectivity index (χ1v) is 6.74. The molecule has 0 saturated carbocycles. The highest BCUT2D eigenvalue weighted by Gasteiger charge is 2.02. The van der Waals surface area contributed by atoms with Crippen LogP contribution in [0.1, 0.15) is 0 Å². The van der Waals surface area contributed by atoms with Crippen LogP contribution < -0.4 is 11.3 Å². The van der Waals surface area contributed by atoms with Crippen LogP contribution in [0.15, 0.2) is 21.5 Å². The van der Waals surface area contributed by atoms with Crippen molar-refractivity contribution in [2.45, 2.75) is 6.54 Å². The molecule has 0 aliphatic rings. The second-order valence-corrected chi connectivity index (χ2v) is 4.69. The number of nitrogens with two attached hydrogens (primary N) is 1. The topological polar surface area (TPSA) is 75.7 Å². The molecule has 2 N–H and O–H groups in total. The first kappa shape index (κ1) is 16.2. The van der Waals surface area contributed by atoms with Crippen LogP contribution in [0.25, 0.3) is 0 Å². The van der Waals surface area contributed by atoms with Gasteiger partial charge >= 0.3 is 0 Å². The lowest BCUT2D eigenvalue weighted by molar-refractivity contribution is 0.0229. The number of aromatic nitrogens is 1. The molecule has 1 heterocycles. The van der Waals surface area contributed by atoms with Gasteiger partial charge in [0.25, 0.3) is 5.56 Å². The maximum Gasteiger partial charge on any atom is 0.265 e. The Morgan fingerprint density at radius 1 is 1.21 bits per heavy atom. The Balaban J connectivity index is 2.21. The minimum atomic E-state index is -0.117. The van der Waals surface area contributed by atoms with Gasteiger partial charge in [0, 0.05) is 25.5 Å². The molecule has 6 nitrogen and oxygen atoms in total. The maximum absolute atomic E-state index is 11.7. The molecule has 0 bridgehead atoms. The number of anilines is 1. The zero-order chi connectivity index (χ0) is 14.1. The van der Waals surface area contributed by atoms with Gasteiger partial charge in [-0.15, -0.1) is 0 Å². The summed E-state index contributed by atoms with van der Waals surface area (Å²) >= 11 is 3.17. The quantitative estimate of drug-likeness (QED) is 0.678. The van der Waals surface area contributed by atoms with E-state index in [0.717, 1.165) is 0 Å². The van der Waals surface area contributed by atoms with E-state index < -0.39 is 0 Å². The molecular formula is C12H19BrN2O4. The second kappa shape index (κ2) is 9.08. The molecule has 1 aromatic heterocycles. The van der Waals surface area contributed by atoms with Gasteiger partial charge in [-0.1, -0.05) is 0 Å². The number of hydrogen-bond donors (Lipinski definition) is 1. The number of halogens is 1. The number of hydrogen-bond acceptors (Lipinski definition) is 5. The molecule has 19 heavy (non-hydrogen) atoms. The zero-order valence-corrected chi connectivity index (χ0v) is 12.5. The van der Waals surface area contributed by atoms with Gasteiger partial charge in [-0.3, -0.25) is 4.79 Å². The average Bonchev–Trinajstić information content (AvgIpc) is 2.38. The molecule has 0 amide bonds. The van der Waals surface area contributed by atoms with Crippen molar-refractivity contribution < 1.29 is 14.2 Å². The predicted octanol–water partition coefficient (Wildman–Crippen LogP) is 0.873. The minimum absolute atomic E-state index is 0.117. The monoisotopic (exact) mass is 334 g/mol. The van der Waals surface area contributed by atoms with Gasteiger partial charge < -0.3 is 24.5 Å². The van der Waals surface area contributed by atoms with Crippen LogP contribution in [0, 0.1) is 0 Å². The Hall–Kier alpha value is -0.890. The third-order valence-electron chi connectivity index (χ3n) is 2.34. The van der Waals surface area contributed by atoms with E-state index in [1.54, 1.807) is 19.4 Å². The first-order chi connectivity index (χ1) is 9.15. The van der Waals surface area contributed by atoms with Gasteiger partial charge in [0.05, 0.1) is 37.5 Å². The van der Waals surface area contributed by atoms with Crippen molar-refractivity contribution >= 4 is 21.6 Å². The van der Waals surface area contributed by atoms with Crippen molar-refractivity contribution in [3.05, 3.63) is 27.1 Å². The van der Waals surface area contributed by atoms with Gasteiger partial charge in [-0.2, -0.15) is 0 Å². The average molecular weight is 335 g/mol. The van der Waals surface area contributed by atoms with E-state index in [1.165, 1.54) is 4.57 Å². The first-order valence-electron chi connectivity index (χ1n) is 5.95. The van der Waals surface area contributed by atoms with E-state index in [4.69, 9.17) is 19.9 Å². The molecular weight excluding hydrogens is 316 g/mol. The van der Waals surface area contributed by atoms with E-state index in [2.05, 4.69) is 15.9 Å². The van der Waals surface area contributed by atoms with Crippen molar-refractivity contribution in [3.63, 3.8) is 0 Å². The highest BCUT2D eigenvalue weighted by molar-refractivity contribution is 9.10. The van der Waals surface area contributed by atoms with E-state index in [-0.39, 0.29) is 5.56 Å².